The second kappa shape index (κ2) is 17.2. The molecule has 0 atom stereocenters. The van der Waals surface area contributed by atoms with Gasteiger partial charge in [-0.3, -0.25) is 38.0 Å². The number of nitro benzene ring substituents is 1. The minimum Gasteiger partial charge on any atom is -0.320 e. The van der Waals surface area contributed by atoms with Crippen molar-refractivity contribution in [1.82, 2.24) is 18.3 Å². The van der Waals surface area contributed by atoms with Crippen LogP contribution in [0.15, 0.2) is 55.6 Å². The van der Waals surface area contributed by atoms with Crippen LogP contribution in [-0.4, -0.2) is 47.3 Å². The van der Waals surface area contributed by atoms with Crippen molar-refractivity contribution in [2.75, 3.05) is 19.6 Å². The number of halogens is 1. The van der Waals surface area contributed by atoms with E-state index in [2.05, 4.69) is 13.8 Å². The Hall–Kier alpha value is -3.58. The lowest BCUT2D eigenvalue weighted by Gasteiger charge is -2.37. The van der Waals surface area contributed by atoms with Crippen molar-refractivity contribution in [2.45, 2.75) is 92.4 Å². The van der Waals surface area contributed by atoms with Crippen LogP contribution in [0, 0.1) is 24.0 Å². The van der Waals surface area contributed by atoms with Crippen molar-refractivity contribution < 1.29 is 9.41 Å². The number of aryl methyl sites for hydroxylation is 2. The molecule has 0 unspecified atom stereocenters. The molecule has 0 amide bonds. The molecule has 0 aliphatic rings. The van der Waals surface area contributed by atoms with E-state index in [1.807, 2.05) is 12.1 Å². The van der Waals surface area contributed by atoms with Crippen molar-refractivity contribution in [2.24, 2.45) is 7.05 Å². The van der Waals surface area contributed by atoms with E-state index in [0.717, 1.165) is 59.9 Å². The van der Waals surface area contributed by atoms with Crippen molar-refractivity contribution in [3.63, 3.8) is 0 Å². The van der Waals surface area contributed by atoms with E-state index < -0.39 is 0 Å². The number of nitro groups is 1. The second-order valence-electron chi connectivity index (χ2n) is 11.7. The third-order valence-electron chi connectivity index (χ3n) is 8.91. The summed E-state index contributed by atoms with van der Waals surface area (Å²) < 4.78 is 6.39. The van der Waals surface area contributed by atoms with E-state index in [0.29, 0.717) is 50.4 Å². The third kappa shape index (κ3) is 9.46. The number of unbranched alkanes of at least 4 members (excludes halogenated alkanes) is 4. The summed E-state index contributed by atoms with van der Waals surface area (Å²) in [4.78, 5) is 61.3. The lowest BCUT2D eigenvalue weighted by Crippen LogP contribution is -2.47. The molecule has 12 nitrogen and oxygen atoms in total. The van der Waals surface area contributed by atoms with Gasteiger partial charge in [-0.1, -0.05) is 12.1 Å². The van der Waals surface area contributed by atoms with E-state index in [1.54, 1.807) is 35.1 Å². The van der Waals surface area contributed by atoms with E-state index in [-0.39, 0.29) is 50.1 Å². The van der Waals surface area contributed by atoms with Crippen LogP contribution in [0.25, 0.3) is 0 Å². The first kappa shape index (κ1) is 37.6. The second-order valence-corrected chi connectivity index (χ2v) is 11.7. The molecule has 1 aromatic carbocycles. The Balaban J connectivity index is 0.00000705. The number of aromatic nitrogens is 4. The number of para-hydroxylation sites is 1. The highest BCUT2D eigenvalue weighted by Crippen LogP contribution is 2.24. The van der Waals surface area contributed by atoms with Gasteiger partial charge in [0.05, 0.1) is 30.1 Å². The Morgan fingerprint density at radius 3 is 1.82 bits per heavy atom. The molecule has 0 saturated heterocycles. The molecule has 2 aromatic heterocycles. The van der Waals surface area contributed by atoms with Gasteiger partial charge in [-0.2, -0.15) is 0 Å². The standard InChI is InChI=1S/C32H47N6O6.BrH/c1-6-38(7-2,24-27-16-10-11-17-28(27)37(43)44)21-15-9-14-20-36-30(40)23-26(4)35(32(36)42)19-13-8-12-18-34-25(3)22-29(39)33(5)31(34)41;/h10-11,16-17,22-23H,6-9,12-15,18-21,24H2,1-5H3;1H/q+1;. The van der Waals surface area contributed by atoms with Gasteiger partial charge in [0, 0.05) is 56.3 Å². The van der Waals surface area contributed by atoms with Crippen LogP contribution in [0.3, 0.4) is 0 Å². The molecule has 2 heterocycles. The molecule has 45 heavy (non-hydrogen) atoms. The lowest BCUT2D eigenvalue weighted by molar-refractivity contribution is -0.938. The van der Waals surface area contributed by atoms with E-state index in [1.165, 1.54) is 23.7 Å². The maximum absolute atomic E-state index is 13.3. The number of hydrogen-bond donors (Lipinski definition) is 0. The van der Waals surface area contributed by atoms with Crippen molar-refractivity contribution in [3.8, 4) is 0 Å². The van der Waals surface area contributed by atoms with Crippen LogP contribution < -0.4 is 22.5 Å². The summed E-state index contributed by atoms with van der Waals surface area (Å²) in [5, 5.41) is 11.5. The molecule has 248 valence electrons. The van der Waals surface area contributed by atoms with Gasteiger partial charge in [0.25, 0.3) is 16.8 Å². The number of rotatable bonds is 17. The maximum Gasteiger partial charge on any atom is 0.331 e. The highest BCUT2D eigenvalue weighted by molar-refractivity contribution is 8.93. The monoisotopic (exact) mass is 691 g/mol. The Labute approximate surface area is 274 Å². The van der Waals surface area contributed by atoms with E-state index in [4.69, 9.17) is 0 Å². The average molecular weight is 693 g/mol. The zero-order valence-electron chi connectivity index (χ0n) is 27.2. The molecule has 0 saturated carbocycles. The Kier molecular flexibility index (Phi) is 14.4. The van der Waals surface area contributed by atoms with Crippen LogP contribution in [0.4, 0.5) is 5.69 Å². The average Bonchev–Trinajstić information content (AvgIpc) is 2.99. The van der Waals surface area contributed by atoms with Crippen LogP contribution in [0.5, 0.6) is 0 Å². The van der Waals surface area contributed by atoms with Gasteiger partial charge in [0.1, 0.15) is 6.54 Å². The third-order valence-corrected chi connectivity index (χ3v) is 8.91. The largest absolute Gasteiger partial charge is 0.331 e. The summed E-state index contributed by atoms with van der Waals surface area (Å²) in [6.45, 7) is 12.2. The van der Waals surface area contributed by atoms with Crippen LogP contribution >= 0.6 is 17.0 Å². The van der Waals surface area contributed by atoms with E-state index in [9.17, 15) is 29.3 Å². The summed E-state index contributed by atoms with van der Waals surface area (Å²) in [6, 6.07) is 9.89. The molecule has 0 radical (unpaired) electrons. The van der Waals surface area contributed by atoms with Gasteiger partial charge in [-0.15, -0.1) is 17.0 Å². The molecule has 3 rings (SSSR count). The highest BCUT2D eigenvalue weighted by atomic mass is 79.9. The summed E-state index contributed by atoms with van der Waals surface area (Å²) in [6.07, 6.45) is 4.62. The van der Waals surface area contributed by atoms with Gasteiger partial charge >= 0.3 is 11.4 Å². The molecular formula is C32H48BrN6O6+. The highest BCUT2D eigenvalue weighted by Gasteiger charge is 2.27. The lowest BCUT2D eigenvalue weighted by atomic mass is 10.1. The van der Waals surface area contributed by atoms with Crippen molar-refractivity contribution in [1.29, 1.82) is 0 Å². The fraction of sp³-hybridized carbons (Fsp3) is 0.562. The molecule has 3 aromatic rings. The Bertz CT molecular complexity index is 1690. The first-order valence-corrected chi connectivity index (χ1v) is 15.6. The molecule has 0 bridgehead atoms. The predicted molar refractivity (Wildman–Crippen MR) is 181 cm³/mol. The van der Waals surface area contributed by atoms with Gasteiger partial charge in [-0.05, 0) is 72.3 Å². The minimum atomic E-state index is -0.330. The maximum atomic E-state index is 13.3. The van der Waals surface area contributed by atoms with Crippen LogP contribution in [-0.2, 0) is 33.2 Å². The Morgan fingerprint density at radius 1 is 0.733 bits per heavy atom. The van der Waals surface area contributed by atoms with Gasteiger partial charge in [-0.25, -0.2) is 9.59 Å². The quantitative estimate of drug-likeness (QED) is 0.0908. The smallest absolute Gasteiger partial charge is 0.320 e. The van der Waals surface area contributed by atoms with Crippen molar-refractivity contribution in [3.05, 3.63) is 105 Å². The van der Waals surface area contributed by atoms with Gasteiger partial charge in [0.2, 0.25) is 0 Å². The molecule has 13 heteroatoms. The zero-order chi connectivity index (χ0) is 32.4. The molecule has 0 spiro atoms. The molecular weight excluding hydrogens is 644 g/mol. The van der Waals surface area contributed by atoms with E-state index >= 15 is 0 Å². The number of nitrogens with zero attached hydrogens (tertiary/aromatic N) is 6. The molecule has 0 N–H and O–H groups in total. The molecule has 0 fully saturated rings. The van der Waals surface area contributed by atoms with Gasteiger partial charge in [0.15, 0.2) is 0 Å². The molecule has 0 aliphatic carbocycles. The normalized spacial score (nSPS) is 11.4. The fourth-order valence-corrected chi connectivity index (χ4v) is 5.89. The van der Waals surface area contributed by atoms with Crippen LogP contribution in [0.2, 0.25) is 0 Å². The first-order valence-electron chi connectivity index (χ1n) is 15.6. The summed E-state index contributed by atoms with van der Waals surface area (Å²) in [5.41, 5.74) is 0.907. The Morgan fingerprint density at radius 2 is 1.24 bits per heavy atom. The van der Waals surface area contributed by atoms with Crippen LogP contribution in [0.1, 0.15) is 69.3 Å². The minimum absolute atomic E-state index is 0. The number of benzene rings is 1. The molecule has 0 aliphatic heterocycles. The number of quaternary nitrogens is 1. The number of hydrogen-bond acceptors (Lipinski definition) is 6. The SMILES string of the molecule is Br.CC[N+](CC)(CCCCCn1c(=O)cc(C)n(CCCCCn2c(C)cc(=O)n(C)c2=O)c1=O)Cc1ccccc1[N+](=O)[O-]. The summed E-state index contributed by atoms with van der Waals surface area (Å²) in [7, 11) is 1.47. The summed E-state index contributed by atoms with van der Waals surface area (Å²) >= 11 is 0. The topological polar surface area (TPSA) is 131 Å². The first-order chi connectivity index (χ1) is 20.9. The zero-order valence-corrected chi connectivity index (χ0v) is 28.9. The van der Waals surface area contributed by atoms with Gasteiger partial charge < -0.3 is 4.48 Å². The van der Waals surface area contributed by atoms with Crippen molar-refractivity contribution >= 4 is 22.7 Å². The summed E-state index contributed by atoms with van der Waals surface area (Å²) in [5.74, 6) is 0. The predicted octanol–water partition coefficient (Wildman–Crippen LogP) is 4.07. The fourth-order valence-electron chi connectivity index (χ4n) is 5.89.